The third-order valence-corrected chi connectivity index (χ3v) is 9.11. The van der Waals surface area contributed by atoms with E-state index in [0.29, 0.717) is 25.8 Å². The van der Waals surface area contributed by atoms with Gasteiger partial charge < -0.3 is 69.3 Å². The lowest BCUT2D eigenvalue weighted by atomic mass is 10.0. The second-order valence-electron chi connectivity index (χ2n) is 13.6. The highest BCUT2D eigenvalue weighted by atomic mass is 32.1. The van der Waals surface area contributed by atoms with Crippen LogP contribution >= 0.6 is 12.6 Å². The van der Waals surface area contributed by atoms with E-state index in [4.69, 9.17) is 22.3 Å². The van der Waals surface area contributed by atoms with Crippen molar-refractivity contribution in [2.45, 2.75) is 108 Å². The van der Waals surface area contributed by atoms with E-state index in [-0.39, 0.29) is 38.0 Å². The van der Waals surface area contributed by atoms with Gasteiger partial charge in [-0.15, -0.1) is 0 Å². The number of nitrogens with zero attached hydrogens (tertiary/aromatic N) is 1. The number of thiol groups is 1. The number of aliphatic carboxylic acids is 2. The summed E-state index contributed by atoms with van der Waals surface area (Å²) in [6.45, 7) is 1.94. The van der Waals surface area contributed by atoms with Crippen LogP contribution in [0.25, 0.3) is 0 Å². The summed E-state index contributed by atoms with van der Waals surface area (Å²) in [6.07, 6.45) is 0.202. The number of primary amides is 1. The Balaban J connectivity index is 3.03. The van der Waals surface area contributed by atoms with Crippen molar-refractivity contribution in [3.63, 3.8) is 0 Å². The molecule has 0 bridgehead atoms. The summed E-state index contributed by atoms with van der Waals surface area (Å²) in [4.78, 5) is 126. The standard InChI is InChI=1S/C33H56N10O13S/c1-16(2)26(42-29(51)20(14-44)40-27(49)17(35)12-25(47)48)31(53)41-21(15-57)32(54)43-11-5-7-22(43)30(52)39-18(8-9-23(36)45)28(50)37-13-24(46)38-19(33(55)56)6-3-4-10-34/h16-22,26,44,57H,3-15,34-35H2,1-2H3,(H2,36,45)(H,37,50)(H,38,46)(H,39,52)(H,40,49)(H,41,53)(H,42,51)(H,47,48)(H,55,56). The van der Waals surface area contributed by atoms with Gasteiger partial charge in [0.25, 0.3) is 0 Å². The van der Waals surface area contributed by atoms with Gasteiger partial charge in [-0.3, -0.25) is 43.2 Å². The van der Waals surface area contributed by atoms with Gasteiger partial charge in [0.2, 0.25) is 47.3 Å². The summed E-state index contributed by atoms with van der Waals surface area (Å²) in [7, 11) is 0. The predicted octanol–water partition coefficient (Wildman–Crippen LogP) is -5.62. The van der Waals surface area contributed by atoms with Crippen LogP contribution in [-0.2, 0) is 47.9 Å². The van der Waals surface area contributed by atoms with E-state index in [1.165, 1.54) is 4.90 Å². The summed E-state index contributed by atoms with van der Waals surface area (Å²) in [5.74, 6) is -10.4. The average Bonchev–Trinajstić information content (AvgIpc) is 3.64. The van der Waals surface area contributed by atoms with Gasteiger partial charge in [0.05, 0.1) is 25.6 Å². The normalized spacial score (nSPS) is 16.8. The van der Waals surface area contributed by atoms with Crippen LogP contribution in [0.2, 0.25) is 0 Å². The number of carboxylic acid groups (broad SMARTS) is 2. The summed E-state index contributed by atoms with van der Waals surface area (Å²) in [6, 6.07) is -9.55. The van der Waals surface area contributed by atoms with Crippen molar-refractivity contribution >= 4 is 71.8 Å². The molecule has 0 aromatic rings. The first-order valence-corrected chi connectivity index (χ1v) is 18.9. The minimum atomic E-state index is -1.61. The molecular weight excluding hydrogens is 776 g/mol. The lowest BCUT2D eigenvalue weighted by molar-refractivity contribution is -0.142. The lowest BCUT2D eigenvalue weighted by Gasteiger charge is -2.31. The van der Waals surface area contributed by atoms with E-state index in [0.717, 1.165) is 0 Å². The third kappa shape index (κ3) is 17.3. The Morgan fingerprint density at radius 3 is 2.00 bits per heavy atom. The van der Waals surface area contributed by atoms with Crippen LogP contribution in [0.4, 0.5) is 0 Å². The van der Waals surface area contributed by atoms with Crippen LogP contribution in [0.3, 0.4) is 0 Å². The Morgan fingerprint density at radius 1 is 0.807 bits per heavy atom. The number of amides is 8. The first kappa shape index (κ1) is 49.9. The zero-order valence-corrected chi connectivity index (χ0v) is 32.8. The molecular formula is C33H56N10O13S. The van der Waals surface area contributed by atoms with Gasteiger partial charge in [-0.25, -0.2) is 4.79 Å². The molecule has 23 nitrogen and oxygen atoms in total. The summed E-state index contributed by atoms with van der Waals surface area (Å²) in [5.41, 5.74) is 16.2. The molecule has 57 heavy (non-hydrogen) atoms. The van der Waals surface area contributed by atoms with Gasteiger partial charge >= 0.3 is 11.9 Å². The van der Waals surface area contributed by atoms with Crippen molar-refractivity contribution < 1.29 is 63.3 Å². The largest absolute Gasteiger partial charge is 0.481 e. The van der Waals surface area contributed by atoms with Crippen molar-refractivity contribution in [2.75, 3.05) is 32.0 Å². The van der Waals surface area contributed by atoms with Crippen LogP contribution < -0.4 is 49.1 Å². The molecule has 7 unspecified atom stereocenters. The van der Waals surface area contributed by atoms with Gasteiger partial charge in [-0.05, 0) is 51.0 Å². The predicted molar refractivity (Wildman–Crippen MR) is 202 cm³/mol. The maximum absolute atomic E-state index is 13.7. The molecule has 15 N–H and O–H groups in total. The number of unbranched alkanes of at least 4 members (excludes halogenated alkanes) is 1. The number of nitrogens with one attached hydrogen (secondary N) is 6. The molecule has 0 aromatic carbocycles. The number of carbonyl (C=O) groups is 10. The van der Waals surface area contributed by atoms with Crippen LogP contribution in [0.1, 0.15) is 65.2 Å². The summed E-state index contributed by atoms with van der Waals surface area (Å²) in [5, 5.41) is 42.0. The van der Waals surface area contributed by atoms with Gasteiger partial charge in [-0.2, -0.15) is 12.6 Å². The first-order valence-electron chi connectivity index (χ1n) is 18.3. The number of carboxylic acids is 2. The van der Waals surface area contributed by atoms with Gasteiger partial charge in [0.15, 0.2) is 0 Å². The Hall–Kier alpha value is -5.07. The molecule has 24 heteroatoms. The lowest BCUT2D eigenvalue weighted by Crippen LogP contribution is -2.61. The smallest absolute Gasteiger partial charge is 0.326 e. The number of carbonyl (C=O) groups excluding carboxylic acids is 8. The topological polar surface area (TPSA) is 385 Å². The molecule has 1 fully saturated rings. The van der Waals surface area contributed by atoms with Gasteiger partial charge in [0.1, 0.15) is 36.3 Å². The maximum atomic E-state index is 13.7. The van der Waals surface area contributed by atoms with Crippen LogP contribution in [0.5, 0.6) is 0 Å². The zero-order chi connectivity index (χ0) is 43.4. The Bertz CT molecular complexity index is 1470. The van der Waals surface area contributed by atoms with E-state index in [1.807, 2.05) is 0 Å². The van der Waals surface area contributed by atoms with Gasteiger partial charge in [-0.1, -0.05) is 13.8 Å². The SMILES string of the molecule is CC(C)C(NC(=O)C(CO)NC(=O)C(N)CC(=O)O)C(=O)NC(CS)C(=O)N1CCCC1C(=O)NC(CCC(N)=O)C(=O)NCC(=O)NC(CCCCN)C(=O)O. The number of hydrogen-bond donors (Lipinski definition) is 13. The Morgan fingerprint density at radius 2 is 1.46 bits per heavy atom. The quantitative estimate of drug-likeness (QED) is 0.0285. The molecule has 1 aliphatic rings. The molecule has 322 valence electrons. The molecule has 0 radical (unpaired) electrons. The highest BCUT2D eigenvalue weighted by Gasteiger charge is 2.40. The van der Waals surface area contributed by atoms with Crippen LogP contribution in [0.15, 0.2) is 0 Å². The molecule has 0 spiro atoms. The number of hydrogen-bond acceptors (Lipinski definition) is 14. The second kappa shape index (κ2) is 25.2. The Kier molecular flexibility index (Phi) is 22.1. The highest BCUT2D eigenvalue weighted by Crippen LogP contribution is 2.20. The van der Waals surface area contributed by atoms with Crippen molar-refractivity contribution in [2.24, 2.45) is 23.1 Å². The fourth-order valence-electron chi connectivity index (χ4n) is 5.60. The monoisotopic (exact) mass is 832 g/mol. The van der Waals surface area contributed by atoms with Crippen molar-refractivity contribution in [3.8, 4) is 0 Å². The number of rotatable bonds is 26. The summed E-state index contributed by atoms with van der Waals surface area (Å²) < 4.78 is 0. The molecule has 8 amide bonds. The average molecular weight is 833 g/mol. The number of nitrogens with two attached hydrogens (primary N) is 3. The molecule has 1 aliphatic heterocycles. The second-order valence-corrected chi connectivity index (χ2v) is 14.0. The molecule has 1 saturated heterocycles. The fourth-order valence-corrected chi connectivity index (χ4v) is 5.85. The first-order chi connectivity index (χ1) is 26.8. The molecule has 0 aliphatic carbocycles. The number of likely N-dealkylation sites (tertiary alicyclic amines) is 1. The van der Waals surface area contributed by atoms with Crippen molar-refractivity contribution in [1.82, 2.24) is 36.8 Å². The molecule has 1 rings (SSSR count). The molecule has 0 aromatic heterocycles. The molecule has 7 atom stereocenters. The van der Waals surface area contributed by atoms with Crippen molar-refractivity contribution in [1.29, 1.82) is 0 Å². The van der Waals surface area contributed by atoms with E-state index in [1.54, 1.807) is 13.8 Å². The minimum absolute atomic E-state index is 0.0671. The zero-order valence-electron chi connectivity index (χ0n) is 31.9. The van der Waals surface area contributed by atoms with Crippen molar-refractivity contribution in [3.05, 3.63) is 0 Å². The van der Waals surface area contributed by atoms with E-state index in [9.17, 15) is 58.2 Å². The maximum Gasteiger partial charge on any atom is 0.326 e. The molecule has 0 saturated carbocycles. The van der Waals surface area contributed by atoms with E-state index in [2.05, 4.69) is 44.5 Å². The van der Waals surface area contributed by atoms with Crippen LogP contribution in [0, 0.1) is 5.92 Å². The van der Waals surface area contributed by atoms with E-state index < -0.39 is 127 Å². The van der Waals surface area contributed by atoms with Gasteiger partial charge in [0, 0.05) is 18.7 Å². The summed E-state index contributed by atoms with van der Waals surface area (Å²) >= 11 is 4.19. The number of aliphatic hydroxyl groups excluding tert-OH is 1. The Labute approximate surface area is 334 Å². The number of aliphatic hydroxyl groups is 1. The highest BCUT2D eigenvalue weighted by molar-refractivity contribution is 7.80. The molecule has 1 heterocycles. The third-order valence-electron chi connectivity index (χ3n) is 8.75. The van der Waals surface area contributed by atoms with Crippen LogP contribution in [-0.4, -0.2) is 154 Å². The fraction of sp³-hybridized carbons (Fsp3) is 0.697. The minimum Gasteiger partial charge on any atom is -0.481 e. The van der Waals surface area contributed by atoms with E-state index >= 15 is 0 Å².